The van der Waals surface area contributed by atoms with Gasteiger partial charge in [0.2, 0.25) is 0 Å². The molecule has 0 bridgehead atoms. The van der Waals surface area contributed by atoms with Crippen LogP contribution in [0.4, 0.5) is 0 Å². The quantitative estimate of drug-likeness (QED) is 0.137. The molecule has 4 nitrogen and oxygen atoms in total. The molecule has 3 unspecified atom stereocenters. The van der Waals surface area contributed by atoms with Crippen LogP contribution >= 0.6 is 0 Å². The fraction of sp³-hybridized carbons (Fsp3) is 0.0323. The van der Waals surface area contributed by atoms with E-state index in [2.05, 4.69) is 484 Å². The van der Waals surface area contributed by atoms with Crippen LogP contribution in [0.25, 0.3) is 115 Å². The Kier molecular flexibility index (Phi) is 18.7. The first-order valence-electron chi connectivity index (χ1n) is 44.2. The Bertz CT molecular complexity index is 7960. The van der Waals surface area contributed by atoms with Gasteiger partial charge in [-0.25, -0.2) is 0 Å². The minimum atomic E-state index is -0.416. The Balaban J connectivity index is 0.000000108. The van der Waals surface area contributed by atoms with Crippen molar-refractivity contribution in [2.45, 2.75) is 23.2 Å². The maximum atomic E-state index is 6.49. The third-order valence-corrected chi connectivity index (χ3v) is 26.9. The van der Waals surface area contributed by atoms with Crippen molar-refractivity contribution in [2.75, 3.05) is 0 Å². The molecule has 3 aliphatic heterocycles. The second-order valence-corrected chi connectivity index (χ2v) is 33.8. The van der Waals surface area contributed by atoms with Gasteiger partial charge in [-0.15, -0.1) is 0 Å². The highest BCUT2D eigenvalue weighted by Gasteiger charge is 2.46. The van der Waals surface area contributed by atoms with Gasteiger partial charge in [-0.1, -0.05) is 419 Å². The van der Waals surface area contributed by atoms with Crippen LogP contribution in [0.2, 0.25) is 0 Å². The SMILES string of the molecule is c1ccc(-c2ccc(-c3ccc(C4c5ccccc5Oc5ccc6ccccc6c54)cc3)cc2)cc1.c1ccc(-n2c3ccccc3c3ccc(-c4ccc(C5c6ccccc6Oc6ccc7ccccc7c65)cc4)cc32)cc1.c1ccc(C2(c3ccccc3)c3ccccc3-c3ccc(-c4ccc(C5c6ccccc6Oc6ccc7ccccc7c65)cc4)cc32)cc1. The second kappa shape index (κ2) is 31.7. The van der Waals surface area contributed by atoms with Gasteiger partial charge in [0.15, 0.2) is 0 Å². The van der Waals surface area contributed by atoms with Crippen LogP contribution in [0.1, 0.15) is 90.1 Å². The predicted molar refractivity (Wildman–Crippen MR) is 527 cm³/mol. The molecule has 0 amide bonds. The number of rotatable bonds is 10. The lowest BCUT2D eigenvalue weighted by Gasteiger charge is -2.34. The molecule has 3 atom stereocenters. The fourth-order valence-electron chi connectivity index (χ4n) is 21.0. The van der Waals surface area contributed by atoms with Gasteiger partial charge in [-0.3, -0.25) is 0 Å². The van der Waals surface area contributed by atoms with Crippen LogP contribution < -0.4 is 14.2 Å². The van der Waals surface area contributed by atoms with E-state index < -0.39 is 5.41 Å². The number of fused-ring (bicyclic) bond motifs is 18. The summed E-state index contributed by atoms with van der Waals surface area (Å²) in [5, 5.41) is 9.95. The van der Waals surface area contributed by atoms with Crippen LogP contribution in [0.15, 0.2) is 485 Å². The van der Waals surface area contributed by atoms with E-state index in [9.17, 15) is 0 Å². The largest absolute Gasteiger partial charge is 0.457 e. The molecular formula is C124H83NO3. The summed E-state index contributed by atoms with van der Waals surface area (Å²) in [4.78, 5) is 0. The van der Waals surface area contributed by atoms with Gasteiger partial charge >= 0.3 is 0 Å². The van der Waals surface area contributed by atoms with E-state index in [1.54, 1.807) is 0 Å². The molecule has 4 aliphatic rings. The molecule has 22 aromatic rings. The monoisotopic (exact) mass is 1630 g/mol. The molecule has 21 aromatic carbocycles. The average molecular weight is 1640 g/mol. The molecule has 0 radical (unpaired) electrons. The fourth-order valence-corrected chi connectivity index (χ4v) is 21.0. The molecular weight excluding hydrogens is 1550 g/mol. The van der Waals surface area contributed by atoms with Gasteiger partial charge in [0.1, 0.15) is 34.5 Å². The summed E-state index contributed by atoms with van der Waals surface area (Å²) in [5.41, 5.74) is 31.9. The zero-order valence-electron chi connectivity index (χ0n) is 70.1. The van der Waals surface area contributed by atoms with Crippen molar-refractivity contribution < 1.29 is 14.2 Å². The third kappa shape index (κ3) is 12.9. The predicted octanol–water partition coefficient (Wildman–Crippen LogP) is 32.5. The summed E-state index contributed by atoms with van der Waals surface area (Å²) in [6.07, 6.45) is 0. The highest BCUT2D eigenvalue weighted by Crippen LogP contribution is 2.59. The van der Waals surface area contributed by atoms with E-state index in [4.69, 9.17) is 14.2 Å². The van der Waals surface area contributed by atoms with Gasteiger partial charge in [0.25, 0.3) is 0 Å². The van der Waals surface area contributed by atoms with E-state index in [0.29, 0.717) is 0 Å². The van der Waals surface area contributed by atoms with Crippen molar-refractivity contribution in [2.24, 2.45) is 0 Å². The van der Waals surface area contributed by atoms with E-state index in [-0.39, 0.29) is 17.8 Å². The average Bonchev–Trinajstić information content (AvgIpc) is 1.52. The summed E-state index contributed by atoms with van der Waals surface area (Å²) in [7, 11) is 0. The molecule has 4 heterocycles. The first-order valence-corrected chi connectivity index (χ1v) is 44.2. The van der Waals surface area contributed by atoms with E-state index in [0.717, 1.165) is 34.5 Å². The van der Waals surface area contributed by atoms with Crippen LogP contribution in [0.5, 0.6) is 34.5 Å². The highest BCUT2D eigenvalue weighted by atomic mass is 16.5. The molecule has 602 valence electrons. The van der Waals surface area contributed by atoms with E-state index >= 15 is 0 Å². The third-order valence-electron chi connectivity index (χ3n) is 26.9. The second-order valence-electron chi connectivity index (χ2n) is 33.8. The Hall–Kier alpha value is -16.4. The molecule has 1 aromatic heterocycles. The maximum Gasteiger partial charge on any atom is 0.132 e. The lowest BCUT2D eigenvalue weighted by Crippen LogP contribution is -2.28. The molecule has 1 aliphatic carbocycles. The summed E-state index contributed by atoms with van der Waals surface area (Å²) in [6.45, 7) is 0. The highest BCUT2D eigenvalue weighted by molar-refractivity contribution is 6.10. The van der Waals surface area contributed by atoms with Crippen molar-refractivity contribution in [3.05, 3.63) is 558 Å². The van der Waals surface area contributed by atoms with Crippen LogP contribution in [-0.4, -0.2) is 4.57 Å². The number of aromatic nitrogens is 1. The maximum absolute atomic E-state index is 6.49. The summed E-state index contributed by atoms with van der Waals surface area (Å²) in [6, 6.07) is 175. The first-order chi connectivity index (χ1) is 63.5. The van der Waals surface area contributed by atoms with Gasteiger partial charge in [-0.2, -0.15) is 0 Å². The molecule has 0 saturated carbocycles. The number of ether oxygens (including phenoxy) is 3. The molecule has 4 heteroatoms. The van der Waals surface area contributed by atoms with Crippen LogP contribution in [0.3, 0.4) is 0 Å². The summed E-state index contributed by atoms with van der Waals surface area (Å²) >= 11 is 0. The van der Waals surface area contributed by atoms with Crippen molar-refractivity contribution in [3.63, 3.8) is 0 Å². The Labute approximate surface area is 744 Å². The summed E-state index contributed by atoms with van der Waals surface area (Å²) < 4.78 is 21.7. The Morgan fingerprint density at radius 3 is 0.977 bits per heavy atom. The standard InChI is InChI=1S/C48H32O.C41H27NO.C35H24O/c1-3-14-36(15-4-1)48(37-16-5-2-6-17-37)42-21-11-9-19-39(42)40-29-27-35(31-43(40)48)32-23-25-34(26-24-32)46-41-20-10-12-22-44(41)49-45-30-28-33-13-7-8-18-38(33)47(45)46;1-2-11-31(12-3-1)42-36-16-8-6-14-33(36)34-24-22-30(26-37(34)42)27-18-20-29(21-19-27)40-35-15-7-9-17-38(35)43-39-25-23-28-10-4-5-13-32(28)41(39)40;1-2-8-24(9-3-1)25-14-16-26(17-15-25)27-18-20-29(21-19-27)34-31-12-6-7-13-32(31)36-33-23-22-28-10-4-5-11-30(28)35(33)34/h1-31,46H;1-26,40H;1-23,34H. The molecule has 0 spiro atoms. The topological polar surface area (TPSA) is 32.6 Å². The van der Waals surface area contributed by atoms with Gasteiger partial charge in [0.05, 0.1) is 16.4 Å². The van der Waals surface area contributed by atoms with Crippen molar-refractivity contribution in [1.82, 2.24) is 4.57 Å². The zero-order valence-corrected chi connectivity index (χ0v) is 70.1. The number of nitrogens with zero attached hydrogens (tertiary/aromatic N) is 1. The van der Waals surface area contributed by atoms with Gasteiger partial charge < -0.3 is 18.8 Å². The van der Waals surface area contributed by atoms with E-state index in [1.807, 2.05) is 6.07 Å². The lowest BCUT2D eigenvalue weighted by molar-refractivity contribution is 0.454. The van der Waals surface area contributed by atoms with Gasteiger partial charge in [0, 0.05) is 67.6 Å². The van der Waals surface area contributed by atoms with Crippen LogP contribution in [-0.2, 0) is 5.41 Å². The minimum Gasteiger partial charge on any atom is -0.457 e. The normalized spacial score (nSPS) is 14.4. The molecule has 0 saturated heterocycles. The molecule has 0 fully saturated rings. The van der Waals surface area contributed by atoms with Crippen molar-refractivity contribution >= 4 is 54.1 Å². The lowest BCUT2D eigenvalue weighted by atomic mass is 9.67. The van der Waals surface area contributed by atoms with Crippen LogP contribution in [0, 0.1) is 0 Å². The van der Waals surface area contributed by atoms with Crippen molar-refractivity contribution in [1.29, 1.82) is 0 Å². The molecule has 128 heavy (non-hydrogen) atoms. The Morgan fingerprint density at radius 2 is 0.516 bits per heavy atom. The Morgan fingerprint density at radius 1 is 0.195 bits per heavy atom. The smallest absolute Gasteiger partial charge is 0.132 e. The molecule has 26 rings (SSSR count). The number of hydrogen-bond donors (Lipinski definition) is 0. The zero-order chi connectivity index (χ0) is 84.6. The van der Waals surface area contributed by atoms with E-state index in [1.165, 1.54) is 188 Å². The first kappa shape index (κ1) is 75.4. The van der Waals surface area contributed by atoms with Crippen molar-refractivity contribution in [3.8, 4) is 95.8 Å². The number of hydrogen-bond acceptors (Lipinski definition) is 3. The summed E-state index contributed by atoms with van der Waals surface area (Å²) in [5.74, 6) is 5.87. The van der Waals surface area contributed by atoms with Gasteiger partial charge in [-0.05, 0) is 194 Å². The molecule has 0 N–H and O–H groups in total. The number of para-hydroxylation sites is 5. The minimum absolute atomic E-state index is 0.0680. The number of benzene rings is 21.